The quantitative estimate of drug-likeness (QED) is 0.759. The van der Waals surface area contributed by atoms with Crippen molar-refractivity contribution in [3.05, 3.63) is 40.3 Å². The van der Waals surface area contributed by atoms with E-state index in [1.807, 2.05) is 18.2 Å². The maximum atomic E-state index is 11.6. The number of aliphatic carboxylic acids is 1. The van der Waals surface area contributed by atoms with Crippen LogP contribution in [0.4, 0.5) is 4.79 Å². The second-order valence-electron chi connectivity index (χ2n) is 8.09. The largest absolute Gasteiger partial charge is 0.492 e. The number of amides is 1. The van der Waals surface area contributed by atoms with Crippen molar-refractivity contribution in [1.82, 2.24) is 9.88 Å². The fraction of sp³-hybridized carbons (Fsp3) is 0.476. The fourth-order valence-electron chi connectivity index (χ4n) is 3.48. The van der Waals surface area contributed by atoms with Gasteiger partial charge in [-0.25, -0.2) is 9.59 Å². The molecule has 1 amide bonds. The highest BCUT2D eigenvalue weighted by molar-refractivity contribution is 5.89. The summed E-state index contributed by atoms with van der Waals surface area (Å²) in [6, 6.07) is 5.00. The normalized spacial score (nSPS) is 17.9. The van der Waals surface area contributed by atoms with Gasteiger partial charge in [-0.05, 0) is 51.3 Å². The molecular weight excluding hydrogens is 376 g/mol. The van der Waals surface area contributed by atoms with Crippen LogP contribution in [-0.2, 0) is 16.0 Å². The van der Waals surface area contributed by atoms with Crippen LogP contribution >= 0.6 is 0 Å². The van der Waals surface area contributed by atoms with E-state index >= 15 is 0 Å². The van der Waals surface area contributed by atoms with Crippen molar-refractivity contribution >= 4 is 22.8 Å². The number of H-pyrrole nitrogens is 1. The standard InChI is InChI=1S/C11H9NO2.C10H17NO4/c13-11-9-2-1-7-4-6-14-10(7)8(9)3-5-12-11;1-10(2,3)15-9(14)11-6-4-5-7(11)8(12)13/h1-3,5H,4,6H2,(H,12,13);7H,4-6H2,1-3H3,(H,12,13). The van der Waals surface area contributed by atoms with Gasteiger partial charge < -0.3 is 19.6 Å². The van der Waals surface area contributed by atoms with Gasteiger partial charge in [-0.1, -0.05) is 6.07 Å². The van der Waals surface area contributed by atoms with Gasteiger partial charge in [0.1, 0.15) is 17.4 Å². The number of pyridine rings is 1. The van der Waals surface area contributed by atoms with Crippen LogP contribution in [0.5, 0.6) is 5.75 Å². The minimum atomic E-state index is -0.960. The molecule has 2 aromatic rings. The Morgan fingerprint density at radius 1 is 1.24 bits per heavy atom. The lowest BCUT2D eigenvalue weighted by atomic mass is 10.1. The minimum absolute atomic E-state index is 0.0548. The summed E-state index contributed by atoms with van der Waals surface area (Å²) in [6.07, 6.45) is 3.29. The number of carbonyl (C=O) groups excluding carboxylic acids is 1. The lowest BCUT2D eigenvalue weighted by Gasteiger charge is -2.26. The summed E-state index contributed by atoms with van der Waals surface area (Å²) >= 11 is 0. The first-order valence-corrected chi connectivity index (χ1v) is 9.66. The highest BCUT2D eigenvalue weighted by Gasteiger charge is 2.36. The summed E-state index contributed by atoms with van der Waals surface area (Å²) in [5, 5.41) is 10.5. The Morgan fingerprint density at radius 2 is 2.00 bits per heavy atom. The van der Waals surface area contributed by atoms with E-state index < -0.39 is 23.7 Å². The Morgan fingerprint density at radius 3 is 2.69 bits per heavy atom. The van der Waals surface area contributed by atoms with Gasteiger partial charge in [-0.3, -0.25) is 9.69 Å². The number of fused-ring (bicyclic) bond motifs is 3. The number of ether oxygens (including phenoxy) is 2. The van der Waals surface area contributed by atoms with Crippen molar-refractivity contribution in [3.8, 4) is 5.75 Å². The number of rotatable bonds is 1. The van der Waals surface area contributed by atoms with Gasteiger partial charge in [0.15, 0.2) is 0 Å². The van der Waals surface area contributed by atoms with Crippen molar-refractivity contribution in [2.24, 2.45) is 0 Å². The SMILES string of the molecule is CC(C)(C)OC(=O)N1CCCC1C(=O)O.O=c1[nH]ccc2c3c(ccc12)CCO3. The number of hydrogen-bond acceptors (Lipinski definition) is 5. The van der Waals surface area contributed by atoms with Crippen LogP contribution in [0.25, 0.3) is 10.8 Å². The third kappa shape index (κ3) is 4.70. The number of nitrogens with one attached hydrogen (secondary N) is 1. The molecule has 1 aromatic carbocycles. The molecule has 1 unspecified atom stereocenters. The van der Waals surface area contributed by atoms with Crippen molar-refractivity contribution in [3.63, 3.8) is 0 Å². The predicted octanol–water partition coefficient (Wildman–Crippen LogP) is 2.93. The summed E-state index contributed by atoms with van der Waals surface area (Å²) in [4.78, 5) is 37.9. The van der Waals surface area contributed by atoms with E-state index in [2.05, 4.69) is 4.98 Å². The van der Waals surface area contributed by atoms with E-state index in [1.165, 1.54) is 10.5 Å². The molecule has 1 saturated heterocycles. The number of benzene rings is 1. The van der Waals surface area contributed by atoms with Gasteiger partial charge >= 0.3 is 12.1 Å². The van der Waals surface area contributed by atoms with Crippen LogP contribution in [-0.4, -0.2) is 51.8 Å². The molecule has 156 valence electrons. The van der Waals surface area contributed by atoms with E-state index in [9.17, 15) is 14.4 Å². The van der Waals surface area contributed by atoms with Gasteiger partial charge in [-0.15, -0.1) is 0 Å². The van der Waals surface area contributed by atoms with E-state index in [1.54, 1.807) is 27.0 Å². The van der Waals surface area contributed by atoms with Gasteiger partial charge in [-0.2, -0.15) is 0 Å². The molecule has 8 heteroatoms. The molecular formula is C21H26N2O6. The first-order valence-electron chi connectivity index (χ1n) is 9.66. The van der Waals surface area contributed by atoms with Crippen LogP contribution in [0, 0.1) is 0 Å². The third-order valence-corrected chi connectivity index (χ3v) is 4.77. The van der Waals surface area contributed by atoms with E-state index in [0.29, 0.717) is 18.4 Å². The molecule has 2 aliphatic rings. The monoisotopic (exact) mass is 402 g/mol. The molecule has 2 aliphatic heterocycles. The van der Waals surface area contributed by atoms with E-state index in [-0.39, 0.29) is 5.56 Å². The zero-order valence-electron chi connectivity index (χ0n) is 16.9. The first-order chi connectivity index (χ1) is 13.7. The van der Waals surface area contributed by atoms with Crippen LogP contribution < -0.4 is 10.3 Å². The topological polar surface area (TPSA) is 109 Å². The Labute approximate surface area is 168 Å². The third-order valence-electron chi connectivity index (χ3n) is 4.77. The molecule has 4 rings (SSSR count). The maximum absolute atomic E-state index is 11.6. The molecule has 1 aromatic heterocycles. The molecule has 1 fully saturated rings. The van der Waals surface area contributed by atoms with E-state index in [4.69, 9.17) is 14.6 Å². The number of carboxylic acids is 1. The Kier molecular flexibility index (Phi) is 5.81. The summed E-state index contributed by atoms with van der Waals surface area (Å²) in [5.41, 5.74) is 0.562. The summed E-state index contributed by atoms with van der Waals surface area (Å²) in [7, 11) is 0. The molecule has 3 heterocycles. The molecule has 0 aliphatic carbocycles. The summed E-state index contributed by atoms with van der Waals surface area (Å²) < 4.78 is 10.6. The molecule has 0 radical (unpaired) electrons. The average molecular weight is 402 g/mol. The van der Waals surface area contributed by atoms with Gasteiger partial charge in [0, 0.05) is 24.5 Å². The lowest BCUT2D eigenvalue weighted by molar-refractivity contribution is -0.142. The van der Waals surface area contributed by atoms with Crippen molar-refractivity contribution in [2.75, 3.05) is 13.2 Å². The molecule has 29 heavy (non-hydrogen) atoms. The van der Waals surface area contributed by atoms with Gasteiger partial charge in [0.05, 0.1) is 12.0 Å². The lowest BCUT2D eigenvalue weighted by Crippen LogP contribution is -2.43. The highest BCUT2D eigenvalue weighted by Crippen LogP contribution is 2.32. The average Bonchev–Trinajstić information content (AvgIpc) is 3.30. The van der Waals surface area contributed by atoms with Crippen LogP contribution in [0.1, 0.15) is 39.2 Å². The predicted molar refractivity (Wildman–Crippen MR) is 107 cm³/mol. The number of carbonyl (C=O) groups is 2. The fourth-order valence-corrected chi connectivity index (χ4v) is 3.48. The van der Waals surface area contributed by atoms with Crippen LogP contribution in [0.15, 0.2) is 29.2 Å². The zero-order chi connectivity index (χ0) is 21.2. The number of hydrogen-bond donors (Lipinski definition) is 2. The number of aromatic nitrogens is 1. The Hall–Kier alpha value is -3.03. The number of likely N-dealkylation sites (tertiary alicyclic amines) is 1. The zero-order valence-corrected chi connectivity index (χ0v) is 16.9. The van der Waals surface area contributed by atoms with Crippen LogP contribution in [0.2, 0.25) is 0 Å². The maximum Gasteiger partial charge on any atom is 0.411 e. The number of nitrogens with zero attached hydrogens (tertiary/aromatic N) is 1. The highest BCUT2D eigenvalue weighted by atomic mass is 16.6. The second-order valence-corrected chi connectivity index (χ2v) is 8.09. The summed E-state index contributed by atoms with van der Waals surface area (Å²) in [6.45, 7) is 6.47. The molecule has 2 N–H and O–H groups in total. The molecule has 8 nitrogen and oxygen atoms in total. The minimum Gasteiger partial charge on any atom is -0.492 e. The number of carboxylic acid groups (broad SMARTS) is 1. The summed E-state index contributed by atoms with van der Waals surface area (Å²) in [5.74, 6) is -0.0769. The van der Waals surface area contributed by atoms with Crippen molar-refractivity contribution in [2.45, 2.75) is 51.7 Å². The van der Waals surface area contributed by atoms with Crippen molar-refractivity contribution < 1.29 is 24.2 Å². The molecule has 0 bridgehead atoms. The Bertz CT molecular complexity index is 975. The van der Waals surface area contributed by atoms with Crippen molar-refractivity contribution in [1.29, 1.82) is 0 Å². The molecule has 0 spiro atoms. The smallest absolute Gasteiger partial charge is 0.411 e. The van der Waals surface area contributed by atoms with E-state index in [0.717, 1.165) is 30.6 Å². The molecule has 0 saturated carbocycles. The Balaban J connectivity index is 0.000000166. The van der Waals surface area contributed by atoms with Gasteiger partial charge in [0.2, 0.25) is 0 Å². The first kappa shape index (κ1) is 20.7. The molecule has 1 atom stereocenters. The number of aromatic amines is 1. The van der Waals surface area contributed by atoms with Crippen LogP contribution in [0.3, 0.4) is 0 Å². The second kappa shape index (κ2) is 8.14. The van der Waals surface area contributed by atoms with Gasteiger partial charge in [0.25, 0.3) is 5.56 Å².